The van der Waals surface area contributed by atoms with Crippen molar-refractivity contribution in [3.8, 4) is 11.1 Å². The van der Waals surface area contributed by atoms with Crippen molar-refractivity contribution in [1.29, 1.82) is 0 Å². The van der Waals surface area contributed by atoms with Gasteiger partial charge >= 0.3 is 0 Å². The normalized spacial score (nSPS) is 11.5. The van der Waals surface area contributed by atoms with Crippen molar-refractivity contribution >= 4 is 32.7 Å². The van der Waals surface area contributed by atoms with E-state index < -0.39 is 0 Å². The van der Waals surface area contributed by atoms with E-state index in [2.05, 4.69) is 85.8 Å². The molecule has 0 saturated carbocycles. The minimum Gasteiger partial charge on any atom is -0.455 e. The molecule has 4 aromatic carbocycles. The van der Waals surface area contributed by atoms with Gasteiger partial charge in [0.1, 0.15) is 11.2 Å². The van der Waals surface area contributed by atoms with Crippen molar-refractivity contribution < 1.29 is 4.42 Å². The molecule has 5 rings (SSSR count). The summed E-state index contributed by atoms with van der Waals surface area (Å²) in [6.45, 7) is 2.12. The van der Waals surface area contributed by atoms with Crippen molar-refractivity contribution in [2.45, 2.75) is 6.92 Å². The second-order valence-corrected chi connectivity index (χ2v) is 6.31. The number of rotatable bonds is 1. The Balaban J connectivity index is 1.93. The van der Waals surface area contributed by atoms with E-state index in [0.717, 1.165) is 16.7 Å². The lowest BCUT2D eigenvalue weighted by atomic mass is 9.99. The fourth-order valence-electron chi connectivity index (χ4n) is 3.61. The average molecular weight is 308 g/mol. The number of hydrogen-bond acceptors (Lipinski definition) is 1. The molecular formula is C23H16O. The maximum atomic E-state index is 6.29. The van der Waals surface area contributed by atoms with Crippen LogP contribution in [0.2, 0.25) is 0 Å². The fourth-order valence-corrected chi connectivity index (χ4v) is 3.61. The van der Waals surface area contributed by atoms with Gasteiger partial charge in [0.05, 0.1) is 0 Å². The minimum absolute atomic E-state index is 0.948. The number of furan rings is 1. The third-order valence-electron chi connectivity index (χ3n) is 4.72. The zero-order chi connectivity index (χ0) is 16.1. The highest BCUT2D eigenvalue weighted by molar-refractivity contribution is 6.20. The predicted molar refractivity (Wildman–Crippen MR) is 101 cm³/mol. The largest absolute Gasteiger partial charge is 0.455 e. The Kier molecular flexibility index (Phi) is 2.77. The number of aryl methyl sites for hydroxylation is 1. The summed E-state index contributed by atoms with van der Waals surface area (Å²) in [5.74, 6) is 0. The number of para-hydroxylation sites is 1. The minimum atomic E-state index is 0.948. The van der Waals surface area contributed by atoms with Gasteiger partial charge in [0.25, 0.3) is 0 Å². The summed E-state index contributed by atoms with van der Waals surface area (Å²) in [6, 6.07) is 27.7. The molecule has 1 heteroatoms. The first-order valence-electron chi connectivity index (χ1n) is 8.21. The Bertz CT molecular complexity index is 1210. The topological polar surface area (TPSA) is 13.1 Å². The Morgan fingerprint density at radius 2 is 1.54 bits per heavy atom. The van der Waals surface area contributed by atoms with Crippen molar-refractivity contribution in [1.82, 2.24) is 0 Å². The molecule has 0 aliphatic carbocycles. The van der Waals surface area contributed by atoms with Crippen LogP contribution in [-0.2, 0) is 0 Å². The highest BCUT2D eigenvalue weighted by atomic mass is 16.3. The fraction of sp³-hybridized carbons (Fsp3) is 0.0435. The molecule has 0 bridgehead atoms. The van der Waals surface area contributed by atoms with E-state index in [0.29, 0.717) is 0 Å². The summed E-state index contributed by atoms with van der Waals surface area (Å²) in [4.78, 5) is 0. The molecule has 0 unspecified atom stereocenters. The van der Waals surface area contributed by atoms with Gasteiger partial charge in [-0.15, -0.1) is 0 Å². The highest BCUT2D eigenvalue weighted by Crippen LogP contribution is 2.39. The van der Waals surface area contributed by atoms with Crippen molar-refractivity contribution in [3.05, 3.63) is 84.4 Å². The van der Waals surface area contributed by atoms with E-state index >= 15 is 0 Å². The molecule has 0 fully saturated rings. The standard InChI is InChI=1S/C23H16O/c1-15-6-4-8-17(14-15)19-10-5-11-20-22-18-9-3-2-7-16(18)12-13-21(22)24-23(19)20/h2-14H,1H3. The van der Waals surface area contributed by atoms with Gasteiger partial charge in [0.2, 0.25) is 0 Å². The molecule has 24 heavy (non-hydrogen) atoms. The first-order valence-corrected chi connectivity index (χ1v) is 8.21. The van der Waals surface area contributed by atoms with E-state index in [1.807, 2.05) is 0 Å². The van der Waals surface area contributed by atoms with Crippen LogP contribution < -0.4 is 0 Å². The SMILES string of the molecule is Cc1cccc(-c2cccc3c2oc2ccc4ccccc4c23)c1. The molecule has 1 heterocycles. The number of hydrogen-bond donors (Lipinski definition) is 0. The second-order valence-electron chi connectivity index (χ2n) is 6.31. The smallest absolute Gasteiger partial charge is 0.143 e. The molecule has 114 valence electrons. The van der Waals surface area contributed by atoms with Gasteiger partial charge < -0.3 is 4.42 Å². The van der Waals surface area contributed by atoms with Crippen LogP contribution >= 0.6 is 0 Å². The van der Waals surface area contributed by atoms with Crippen LogP contribution in [0.5, 0.6) is 0 Å². The summed E-state index contributed by atoms with van der Waals surface area (Å²) >= 11 is 0. The van der Waals surface area contributed by atoms with Gasteiger partial charge in [-0.25, -0.2) is 0 Å². The number of fused-ring (bicyclic) bond motifs is 5. The molecule has 5 aromatic rings. The Hall–Kier alpha value is -3.06. The average Bonchev–Trinajstić information content (AvgIpc) is 3.01. The molecule has 1 aromatic heterocycles. The van der Waals surface area contributed by atoms with E-state index in [9.17, 15) is 0 Å². The summed E-state index contributed by atoms with van der Waals surface area (Å²) in [6.07, 6.45) is 0. The lowest BCUT2D eigenvalue weighted by Gasteiger charge is -2.04. The summed E-state index contributed by atoms with van der Waals surface area (Å²) < 4.78 is 6.29. The predicted octanol–water partition coefficient (Wildman–Crippen LogP) is 6.71. The van der Waals surface area contributed by atoms with E-state index in [-0.39, 0.29) is 0 Å². The molecule has 0 atom stereocenters. The van der Waals surface area contributed by atoms with Crippen LogP contribution in [0.3, 0.4) is 0 Å². The van der Waals surface area contributed by atoms with Gasteiger partial charge in [-0.1, -0.05) is 78.4 Å². The molecule has 0 amide bonds. The monoisotopic (exact) mass is 308 g/mol. The summed E-state index contributed by atoms with van der Waals surface area (Å²) in [5.41, 5.74) is 5.52. The first kappa shape index (κ1) is 13.4. The van der Waals surface area contributed by atoms with Gasteiger partial charge in [-0.3, -0.25) is 0 Å². The lowest BCUT2D eigenvalue weighted by molar-refractivity contribution is 0.670. The molecular weight excluding hydrogens is 292 g/mol. The molecule has 0 radical (unpaired) electrons. The quantitative estimate of drug-likeness (QED) is 0.335. The highest BCUT2D eigenvalue weighted by Gasteiger charge is 2.14. The zero-order valence-electron chi connectivity index (χ0n) is 13.4. The lowest BCUT2D eigenvalue weighted by Crippen LogP contribution is -1.80. The second kappa shape index (κ2) is 4.97. The van der Waals surface area contributed by atoms with Crippen LogP contribution in [0.4, 0.5) is 0 Å². The van der Waals surface area contributed by atoms with Crippen molar-refractivity contribution in [2.75, 3.05) is 0 Å². The van der Waals surface area contributed by atoms with Crippen LogP contribution in [-0.4, -0.2) is 0 Å². The zero-order valence-corrected chi connectivity index (χ0v) is 13.4. The maximum absolute atomic E-state index is 6.29. The maximum Gasteiger partial charge on any atom is 0.143 e. The molecule has 0 saturated heterocycles. The van der Waals surface area contributed by atoms with Crippen LogP contribution in [0.15, 0.2) is 83.3 Å². The Labute approximate surface area is 140 Å². The molecule has 1 nitrogen and oxygen atoms in total. The summed E-state index contributed by atoms with van der Waals surface area (Å²) in [7, 11) is 0. The van der Waals surface area contributed by atoms with Gasteiger partial charge in [0, 0.05) is 16.3 Å². The van der Waals surface area contributed by atoms with Crippen LogP contribution in [0, 0.1) is 6.92 Å². The number of benzene rings is 4. The molecule has 0 N–H and O–H groups in total. The van der Waals surface area contributed by atoms with E-state index in [4.69, 9.17) is 4.42 Å². The van der Waals surface area contributed by atoms with E-state index in [1.165, 1.54) is 32.7 Å². The molecule has 0 aliphatic heterocycles. The molecule has 0 spiro atoms. The Morgan fingerprint density at radius 1 is 0.708 bits per heavy atom. The third kappa shape index (κ3) is 1.88. The van der Waals surface area contributed by atoms with Crippen LogP contribution in [0.25, 0.3) is 43.8 Å². The van der Waals surface area contributed by atoms with Crippen molar-refractivity contribution in [2.24, 2.45) is 0 Å². The summed E-state index contributed by atoms with van der Waals surface area (Å²) in [5, 5.41) is 4.88. The van der Waals surface area contributed by atoms with Gasteiger partial charge in [-0.05, 0) is 29.3 Å². The Morgan fingerprint density at radius 3 is 2.46 bits per heavy atom. The van der Waals surface area contributed by atoms with Gasteiger partial charge in [0.15, 0.2) is 0 Å². The first-order chi connectivity index (χ1) is 11.8. The molecule has 0 aliphatic rings. The van der Waals surface area contributed by atoms with Gasteiger partial charge in [-0.2, -0.15) is 0 Å². The van der Waals surface area contributed by atoms with Crippen molar-refractivity contribution in [3.63, 3.8) is 0 Å². The van der Waals surface area contributed by atoms with E-state index in [1.54, 1.807) is 0 Å². The van der Waals surface area contributed by atoms with Crippen LogP contribution in [0.1, 0.15) is 5.56 Å². The third-order valence-corrected chi connectivity index (χ3v) is 4.72.